The maximum Gasteiger partial charge on any atom is 0.322 e. The van der Waals surface area contributed by atoms with Crippen LogP contribution < -0.4 is 10.6 Å². The molecular formula is C13H15N3O8. The average Bonchev–Trinajstić information content (AvgIpc) is 2.56. The Hall–Kier alpha value is -3.05. The summed E-state index contributed by atoms with van der Waals surface area (Å²) < 4.78 is 0. The first-order valence-corrected chi connectivity index (χ1v) is 6.60. The topological polar surface area (TPSA) is 179 Å². The van der Waals surface area contributed by atoms with E-state index in [1.54, 1.807) is 0 Å². The number of carboxylic acids is 1. The van der Waals surface area contributed by atoms with Gasteiger partial charge in [0.25, 0.3) is 5.69 Å². The molecule has 1 aromatic carbocycles. The standard InChI is InChI=1S/C13H15N3O8/c17-6-9(15-13(22)12(21)14-5-10(18)19)11(20)7-1-3-8(4-2-7)16(23)24/h1-4,9,11,17,20H,5-6H2,(H,14,21)(H,15,22)(H,18,19). The van der Waals surface area contributed by atoms with Crippen molar-refractivity contribution < 1.29 is 34.6 Å². The first kappa shape index (κ1) is 19.0. The maximum absolute atomic E-state index is 11.6. The number of hydrogen-bond donors (Lipinski definition) is 5. The molecule has 5 N–H and O–H groups in total. The van der Waals surface area contributed by atoms with Crippen LogP contribution in [0.4, 0.5) is 5.69 Å². The van der Waals surface area contributed by atoms with E-state index >= 15 is 0 Å². The van der Waals surface area contributed by atoms with Gasteiger partial charge in [0, 0.05) is 12.1 Å². The molecule has 1 rings (SSSR count). The molecule has 0 fully saturated rings. The molecule has 0 heterocycles. The van der Waals surface area contributed by atoms with Crippen LogP contribution in [0.2, 0.25) is 0 Å². The van der Waals surface area contributed by atoms with Crippen LogP contribution in [-0.2, 0) is 14.4 Å². The molecule has 2 unspecified atom stereocenters. The minimum Gasteiger partial charge on any atom is -0.480 e. The van der Waals surface area contributed by atoms with Crippen molar-refractivity contribution in [3.05, 3.63) is 39.9 Å². The number of nitrogens with zero attached hydrogens (tertiary/aromatic N) is 1. The minimum atomic E-state index is -1.44. The van der Waals surface area contributed by atoms with Gasteiger partial charge in [-0.2, -0.15) is 0 Å². The predicted octanol–water partition coefficient (Wildman–Crippen LogP) is -1.69. The lowest BCUT2D eigenvalue weighted by molar-refractivity contribution is -0.384. The number of non-ortho nitro benzene ring substituents is 1. The van der Waals surface area contributed by atoms with Gasteiger partial charge < -0.3 is 26.0 Å². The summed E-state index contributed by atoms with van der Waals surface area (Å²) in [5.41, 5.74) is -0.0329. The van der Waals surface area contributed by atoms with E-state index in [1.807, 2.05) is 10.6 Å². The van der Waals surface area contributed by atoms with Gasteiger partial charge in [0.1, 0.15) is 12.6 Å². The molecule has 1 aromatic rings. The molecule has 130 valence electrons. The van der Waals surface area contributed by atoms with Crippen molar-refractivity contribution in [2.75, 3.05) is 13.2 Å². The van der Waals surface area contributed by atoms with Gasteiger partial charge in [-0.05, 0) is 17.7 Å². The summed E-state index contributed by atoms with van der Waals surface area (Å²) in [6, 6.07) is 3.47. The van der Waals surface area contributed by atoms with Crippen LogP contribution in [0, 0.1) is 10.1 Å². The number of benzene rings is 1. The summed E-state index contributed by atoms with van der Waals surface area (Å²) in [6.07, 6.45) is -1.44. The second-order valence-electron chi connectivity index (χ2n) is 4.63. The van der Waals surface area contributed by atoms with Crippen molar-refractivity contribution in [1.82, 2.24) is 10.6 Å². The highest BCUT2D eigenvalue weighted by molar-refractivity contribution is 6.35. The van der Waals surface area contributed by atoms with Crippen LogP contribution in [-0.4, -0.2) is 57.2 Å². The number of aliphatic hydroxyl groups is 2. The van der Waals surface area contributed by atoms with E-state index in [9.17, 15) is 34.7 Å². The molecule has 0 aliphatic carbocycles. The van der Waals surface area contributed by atoms with Crippen LogP contribution in [0.15, 0.2) is 24.3 Å². The Morgan fingerprint density at radius 1 is 1.17 bits per heavy atom. The summed E-state index contributed by atoms with van der Waals surface area (Å²) >= 11 is 0. The summed E-state index contributed by atoms with van der Waals surface area (Å²) in [5, 5.41) is 42.2. The molecule has 0 aliphatic rings. The molecule has 0 saturated carbocycles. The van der Waals surface area contributed by atoms with E-state index in [0.29, 0.717) is 0 Å². The second-order valence-corrected chi connectivity index (χ2v) is 4.63. The third-order valence-corrected chi connectivity index (χ3v) is 2.95. The van der Waals surface area contributed by atoms with Gasteiger partial charge in [-0.1, -0.05) is 0 Å². The number of nitro benzene ring substituents is 1. The van der Waals surface area contributed by atoms with Gasteiger partial charge in [-0.15, -0.1) is 0 Å². The maximum atomic E-state index is 11.6. The van der Waals surface area contributed by atoms with Crippen molar-refractivity contribution >= 4 is 23.5 Å². The molecule has 2 atom stereocenters. The number of amides is 2. The Kier molecular flexibility index (Phi) is 6.77. The van der Waals surface area contributed by atoms with Crippen LogP contribution in [0.1, 0.15) is 11.7 Å². The fourth-order valence-electron chi connectivity index (χ4n) is 1.72. The molecule has 24 heavy (non-hydrogen) atoms. The molecule has 0 saturated heterocycles. The van der Waals surface area contributed by atoms with E-state index in [-0.39, 0.29) is 11.3 Å². The van der Waals surface area contributed by atoms with Gasteiger partial charge in [0.05, 0.1) is 17.6 Å². The van der Waals surface area contributed by atoms with E-state index in [1.165, 1.54) is 12.1 Å². The zero-order valence-corrected chi connectivity index (χ0v) is 12.2. The summed E-state index contributed by atoms with van der Waals surface area (Å²) in [6.45, 7) is -1.49. The van der Waals surface area contributed by atoms with Gasteiger partial charge in [0.2, 0.25) is 0 Å². The highest BCUT2D eigenvalue weighted by Crippen LogP contribution is 2.20. The van der Waals surface area contributed by atoms with Crippen molar-refractivity contribution in [2.24, 2.45) is 0 Å². The number of hydrogen-bond acceptors (Lipinski definition) is 7. The lowest BCUT2D eigenvalue weighted by Gasteiger charge is -2.22. The summed E-state index contributed by atoms with van der Waals surface area (Å²) in [4.78, 5) is 43.2. The van der Waals surface area contributed by atoms with Gasteiger partial charge >= 0.3 is 17.8 Å². The summed E-state index contributed by atoms with van der Waals surface area (Å²) in [5.74, 6) is -3.83. The fraction of sp³-hybridized carbons (Fsp3) is 0.308. The minimum absolute atomic E-state index is 0.172. The number of aliphatic carboxylic acids is 1. The van der Waals surface area contributed by atoms with Crippen LogP contribution >= 0.6 is 0 Å². The molecule has 0 aliphatic heterocycles. The number of rotatable bonds is 7. The van der Waals surface area contributed by atoms with E-state index in [4.69, 9.17) is 5.11 Å². The SMILES string of the molecule is O=C(O)CNC(=O)C(=O)NC(CO)C(O)c1ccc([N+](=O)[O-])cc1. The quantitative estimate of drug-likeness (QED) is 0.221. The monoisotopic (exact) mass is 341 g/mol. The number of carbonyl (C=O) groups excluding carboxylic acids is 2. The third-order valence-electron chi connectivity index (χ3n) is 2.95. The van der Waals surface area contributed by atoms with E-state index in [0.717, 1.165) is 12.1 Å². The molecular weight excluding hydrogens is 326 g/mol. The smallest absolute Gasteiger partial charge is 0.322 e. The number of carboxylic acid groups (broad SMARTS) is 1. The average molecular weight is 341 g/mol. The Bertz CT molecular complexity index is 631. The highest BCUT2D eigenvalue weighted by atomic mass is 16.6. The number of nitro groups is 1. The van der Waals surface area contributed by atoms with E-state index in [2.05, 4.69) is 0 Å². The Balaban J connectivity index is 2.73. The van der Waals surface area contributed by atoms with Crippen molar-refractivity contribution in [1.29, 1.82) is 0 Å². The fourth-order valence-corrected chi connectivity index (χ4v) is 1.72. The number of carbonyl (C=O) groups is 3. The molecule has 2 amide bonds. The zero-order valence-electron chi connectivity index (χ0n) is 12.2. The number of aliphatic hydroxyl groups excluding tert-OH is 2. The molecule has 0 aromatic heterocycles. The highest BCUT2D eigenvalue weighted by Gasteiger charge is 2.25. The first-order valence-electron chi connectivity index (χ1n) is 6.60. The lowest BCUT2D eigenvalue weighted by Crippen LogP contribution is -2.49. The van der Waals surface area contributed by atoms with Crippen LogP contribution in [0.25, 0.3) is 0 Å². The molecule has 11 heteroatoms. The van der Waals surface area contributed by atoms with Crippen molar-refractivity contribution in [2.45, 2.75) is 12.1 Å². The molecule has 11 nitrogen and oxygen atoms in total. The van der Waals surface area contributed by atoms with Gasteiger partial charge in [0.15, 0.2) is 0 Å². The Morgan fingerprint density at radius 2 is 1.75 bits per heavy atom. The second kappa shape index (κ2) is 8.55. The van der Waals surface area contributed by atoms with Crippen LogP contribution in [0.3, 0.4) is 0 Å². The Labute approximate surface area is 135 Å². The van der Waals surface area contributed by atoms with Gasteiger partial charge in [-0.25, -0.2) is 0 Å². The number of nitrogens with one attached hydrogen (secondary N) is 2. The van der Waals surface area contributed by atoms with Crippen molar-refractivity contribution in [3.63, 3.8) is 0 Å². The first-order chi connectivity index (χ1) is 11.3. The lowest BCUT2D eigenvalue weighted by atomic mass is 10.0. The molecule has 0 bridgehead atoms. The largest absolute Gasteiger partial charge is 0.480 e. The van der Waals surface area contributed by atoms with E-state index < -0.39 is 48.0 Å². The molecule has 0 spiro atoms. The third kappa shape index (κ3) is 5.30. The molecule has 0 radical (unpaired) electrons. The Morgan fingerprint density at radius 3 is 2.21 bits per heavy atom. The normalized spacial score (nSPS) is 12.8. The predicted molar refractivity (Wildman–Crippen MR) is 77.7 cm³/mol. The van der Waals surface area contributed by atoms with Gasteiger partial charge in [-0.3, -0.25) is 24.5 Å². The summed E-state index contributed by atoms with van der Waals surface area (Å²) in [7, 11) is 0. The zero-order chi connectivity index (χ0) is 18.3. The van der Waals surface area contributed by atoms with Crippen molar-refractivity contribution in [3.8, 4) is 0 Å². The van der Waals surface area contributed by atoms with Crippen LogP contribution in [0.5, 0.6) is 0 Å².